The van der Waals surface area contributed by atoms with Crippen molar-refractivity contribution >= 4 is 11.6 Å². The topological polar surface area (TPSA) is 58.6 Å². The van der Waals surface area contributed by atoms with Crippen LogP contribution in [0.5, 0.6) is 5.75 Å². The fraction of sp³-hybridized carbons (Fsp3) is 0.533. The van der Waals surface area contributed by atoms with Crippen LogP contribution in [-0.2, 0) is 4.79 Å². The molecule has 21 heavy (non-hydrogen) atoms. The maximum atomic E-state index is 14.0. The third kappa shape index (κ3) is 3.00. The Bertz CT molecular complexity index is 527. The second-order valence-electron chi connectivity index (χ2n) is 5.58. The molecule has 4 nitrogen and oxygen atoms in total. The summed E-state index contributed by atoms with van der Waals surface area (Å²) in [6.45, 7) is 3.59. The van der Waals surface area contributed by atoms with E-state index in [1.165, 1.54) is 6.07 Å². The Kier molecular flexibility index (Phi) is 4.18. The van der Waals surface area contributed by atoms with E-state index in [1.54, 1.807) is 32.0 Å². The van der Waals surface area contributed by atoms with Crippen LogP contribution >= 0.6 is 0 Å². The van der Waals surface area contributed by atoms with Gasteiger partial charge in [-0.05, 0) is 45.2 Å². The number of para-hydroxylation sites is 2. The highest BCUT2D eigenvalue weighted by Crippen LogP contribution is 2.45. The molecule has 0 spiro atoms. The van der Waals surface area contributed by atoms with Gasteiger partial charge in [-0.25, -0.2) is 0 Å². The fourth-order valence-corrected chi connectivity index (χ4v) is 2.16. The van der Waals surface area contributed by atoms with E-state index in [1.807, 2.05) is 0 Å². The first-order chi connectivity index (χ1) is 9.76. The third-order valence-corrected chi connectivity index (χ3v) is 3.55. The lowest BCUT2D eigenvalue weighted by Crippen LogP contribution is -2.59. The highest BCUT2D eigenvalue weighted by atomic mass is 19.3. The molecule has 6 heteroatoms. The van der Waals surface area contributed by atoms with Crippen molar-refractivity contribution in [1.82, 2.24) is 0 Å². The van der Waals surface area contributed by atoms with Crippen LogP contribution in [0.3, 0.4) is 0 Å². The van der Waals surface area contributed by atoms with E-state index in [0.29, 0.717) is 12.2 Å². The molecule has 1 aliphatic carbocycles. The number of hydrogen-bond acceptors (Lipinski definition) is 3. The van der Waals surface area contributed by atoms with Crippen LogP contribution in [-0.4, -0.2) is 28.6 Å². The van der Waals surface area contributed by atoms with Gasteiger partial charge in [-0.3, -0.25) is 4.79 Å². The Morgan fingerprint density at radius 1 is 1.38 bits per heavy atom. The molecule has 1 saturated carbocycles. The smallest absolute Gasteiger partial charge is 0.352 e. The van der Waals surface area contributed by atoms with Gasteiger partial charge < -0.3 is 15.2 Å². The van der Waals surface area contributed by atoms with Crippen molar-refractivity contribution < 1.29 is 23.4 Å². The molecule has 1 aromatic rings. The molecule has 0 atom stereocenters. The Morgan fingerprint density at radius 3 is 2.52 bits per heavy atom. The minimum absolute atomic E-state index is 0.0719. The lowest BCUT2D eigenvalue weighted by Gasteiger charge is -2.41. The SMILES string of the molecule is CC(C)Oc1ccccc1NC(=O)C(F)(F)C1(O)CCC1. The number of amides is 1. The van der Waals surface area contributed by atoms with E-state index < -0.39 is 17.4 Å². The fourth-order valence-electron chi connectivity index (χ4n) is 2.16. The summed E-state index contributed by atoms with van der Waals surface area (Å²) in [6.07, 6.45) is 0.195. The number of hydrogen-bond donors (Lipinski definition) is 2. The van der Waals surface area contributed by atoms with E-state index in [9.17, 15) is 18.7 Å². The van der Waals surface area contributed by atoms with Gasteiger partial charge in [0.1, 0.15) is 11.4 Å². The minimum Gasteiger partial charge on any atom is -0.489 e. The highest BCUT2D eigenvalue weighted by Gasteiger charge is 2.61. The first-order valence-electron chi connectivity index (χ1n) is 6.93. The maximum Gasteiger partial charge on any atom is 0.352 e. The largest absolute Gasteiger partial charge is 0.489 e. The molecule has 116 valence electrons. The summed E-state index contributed by atoms with van der Waals surface area (Å²) < 4.78 is 33.5. The van der Waals surface area contributed by atoms with Crippen molar-refractivity contribution in [1.29, 1.82) is 0 Å². The van der Waals surface area contributed by atoms with Gasteiger partial charge in [-0.2, -0.15) is 8.78 Å². The zero-order chi connectivity index (χ0) is 15.7. The normalized spacial score (nSPS) is 17.2. The molecule has 0 heterocycles. The molecule has 1 aromatic carbocycles. The van der Waals surface area contributed by atoms with Crippen LogP contribution in [0.1, 0.15) is 33.1 Å². The molecule has 0 aromatic heterocycles. The molecule has 1 amide bonds. The van der Waals surface area contributed by atoms with E-state index in [4.69, 9.17) is 4.74 Å². The minimum atomic E-state index is -3.82. The summed E-state index contributed by atoms with van der Waals surface area (Å²) in [4.78, 5) is 11.8. The Morgan fingerprint density at radius 2 is 2.00 bits per heavy atom. The summed E-state index contributed by atoms with van der Waals surface area (Å²) in [5.41, 5.74) is -2.07. The number of carbonyl (C=O) groups is 1. The Labute approximate surface area is 122 Å². The van der Waals surface area contributed by atoms with Crippen LogP contribution < -0.4 is 10.1 Å². The van der Waals surface area contributed by atoms with Gasteiger partial charge in [0, 0.05) is 0 Å². The molecular formula is C15H19F2NO3. The van der Waals surface area contributed by atoms with Gasteiger partial charge in [0.25, 0.3) is 5.91 Å². The number of ether oxygens (including phenoxy) is 1. The number of halogens is 2. The lowest BCUT2D eigenvalue weighted by molar-refractivity contribution is -0.212. The standard InChI is InChI=1S/C15H19F2NO3/c1-10(2)21-12-7-4-3-6-11(12)18-13(19)15(16,17)14(20)8-5-9-14/h3-4,6-7,10,20H,5,8-9H2,1-2H3,(H,18,19). The molecule has 0 bridgehead atoms. The van der Waals surface area contributed by atoms with Crippen molar-refractivity contribution in [2.75, 3.05) is 5.32 Å². The van der Waals surface area contributed by atoms with Crippen molar-refractivity contribution in [3.63, 3.8) is 0 Å². The Hall–Kier alpha value is -1.69. The number of alkyl halides is 2. The average Bonchev–Trinajstić information content (AvgIpc) is 2.37. The van der Waals surface area contributed by atoms with Crippen LogP contribution in [0.2, 0.25) is 0 Å². The number of anilines is 1. The quantitative estimate of drug-likeness (QED) is 0.879. The van der Waals surface area contributed by atoms with E-state index in [2.05, 4.69) is 5.32 Å². The maximum absolute atomic E-state index is 14.0. The van der Waals surface area contributed by atoms with Crippen molar-refractivity contribution in [2.24, 2.45) is 0 Å². The average molecular weight is 299 g/mol. The van der Waals surface area contributed by atoms with Crippen LogP contribution in [0.4, 0.5) is 14.5 Å². The number of rotatable bonds is 5. The number of nitrogens with one attached hydrogen (secondary N) is 1. The van der Waals surface area contributed by atoms with Crippen LogP contribution in [0, 0.1) is 0 Å². The molecule has 0 aliphatic heterocycles. The molecule has 1 aliphatic rings. The first kappa shape index (κ1) is 15.7. The summed E-state index contributed by atoms with van der Waals surface area (Å²) >= 11 is 0. The van der Waals surface area contributed by atoms with Gasteiger partial charge in [0.05, 0.1) is 11.8 Å². The molecule has 1 fully saturated rings. The van der Waals surface area contributed by atoms with Gasteiger partial charge in [-0.15, -0.1) is 0 Å². The number of aliphatic hydroxyl groups is 1. The second kappa shape index (κ2) is 5.60. The lowest BCUT2D eigenvalue weighted by atomic mass is 9.75. The van der Waals surface area contributed by atoms with Crippen LogP contribution in [0.25, 0.3) is 0 Å². The van der Waals surface area contributed by atoms with Crippen molar-refractivity contribution in [3.8, 4) is 5.75 Å². The summed E-state index contributed by atoms with van der Waals surface area (Å²) in [5.74, 6) is -5.02. The number of carbonyl (C=O) groups excluding carboxylic acids is 1. The monoisotopic (exact) mass is 299 g/mol. The number of benzene rings is 1. The zero-order valence-corrected chi connectivity index (χ0v) is 12.0. The molecule has 0 radical (unpaired) electrons. The Balaban J connectivity index is 2.16. The molecule has 0 saturated heterocycles. The van der Waals surface area contributed by atoms with E-state index in [0.717, 1.165) is 0 Å². The first-order valence-corrected chi connectivity index (χ1v) is 6.93. The molecular weight excluding hydrogens is 280 g/mol. The van der Waals surface area contributed by atoms with E-state index >= 15 is 0 Å². The predicted molar refractivity (Wildman–Crippen MR) is 74.6 cm³/mol. The van der Waals surface area contributed by atoms with Gasteiger partial charge in [-0.1, -0.05) is 12.1 Å². The van der Waals surface area contributed by atoms with Gasteiger partial charge in [0.2, 0.25) is 0 Å². The summed E-state index contributed by atoms with van der Waals surface area (Å²) in [7, 11) is 0. The van der Waals surface area contributed by atoms with Crippen molar-refractivity contribution in [3.05, 3.63) is 24.3 Å². The third-order valence-electron chi connectivity index (χ3n) is 3.55. The highest BCUT2D eigenvalue weighted by molar-refractivity contribution is 5.98. The zero-order valence-electron chi connectivity index (χ0n) is 12.0. The molecule has 2 rings (SSSR count). The molecule has 0 unspecified atom stereocenters. The molecule has 2 N–H and O–H groups in total. The summed E-state index contributed by atoms with van der Waals surface area (Å²) in [6, 6.07) is 6.37. The van der Waals surface area contributed by atoms with Gasteiger partial charge in [0.15, 0.2) is 0 Å². The van der Waals surface area contributed by atoms with Crippen LogP contribution in [0.15, 0.2) is 24.3 Å². The summed E-state index contributed by atoms with van der Waals surface area (Å²) in [5, 5.41) is 11.9. The van der Waals surface area contributed by atoms with E-state index in [-0.39, 0.29) is 24.6 Å². The van der Waals surface area contributed by atoms with Crippen molar-refractivity contribution in [2.45, 2.75) is 50.7 Å². The van der Waals surface area contributed by atoms with Gasteiger partial charge >= 0.3 is 5.92 Å². The second-order valence-corrected chi connectivity index (χ2v) is 5.58. The predicted octanol–water partition coefficient (Wildman–Crippen LogP) is 2.96.